The lowest BCUT2D eigenvalue weighted by atomic mass is 10.1. The summed E-state index contributed by atoms with van der Waals surface area (Å²) in [7, 11) is 0. The molecule has 1 saturated heterocycles. The summed E-state index contributed by atoms with van der Waals surface area (Å²) in [4.78, 5) is 12.1. The van der Waals surface area contributed by atoms with E-state index in [1.165, 1.54) is 11.8 Å². The molecule has 1 aromatic rings. The number of hydrogen-bond acceptors (Lipinski definition) is 3. The van der Waals surface area contributed by atoms with Crippen LogP contribution in [-0.4, -0.2) is 10.2 Å². The predicted molar refractivity (Wildman–Crippen MR) is 86.5 cm³/mol. The number of rotatable bonds is 2. The molecule has 1 fully saturated rings. The summed E-state index contributed by atoms with van der Waals surface area (Å²) >= 11 is 18.0. The molecule has 2 rings (SSSR count). The van der Waals surface area contributed by atoms with Gasteiger partial charge in [-0.25, -0.2) is 0 Å². The van der Waals surface area contributed by atoms with E-state index in [4.69, 9.17) is 35.4 Å². The lowest BCUT2D eigenvalue weighted by molar-refractivity contribution is -0.115. The average molecular weight is 330 g/mol. The molecule has 6 heteroatoms. The van der Waals surface area contributed by atoms with Crippen LogP contribution in [-0.2, 0) is 4.79 Å². The first kappa shape index (κ1) is 14.6. The number of amides is 1. The summed E-state index contributed by atoms with van der Waals surface area (Å²) in [6.45, 7) is 1.91. The molecule has 0 saturated carbocycles. The van der Waals surface area contributed by atoms with Gasteiger partial charge in [0, 0.05) is 0 Å². The molecule has 1 heterocycles. The number of hydrogen-bond donors (Lipinski definition) is 1. The molecule has 1 aliphatic rings. The third-order valence-corrected chi connectivity index (χ3v) is 4.24. The van der Waals surface area contributed by atoms with Crippen molar-refractivity contribution in [2.75, 3.05) is 0 Å². The van der Waals surface area contributed by atoms with Crippen molar-refractivity contribution in [2.45, 2.75) is 6.92 Å². The van der Waals surface area contributed by atoms with Crippen LogP contribution in [0.2, 0.25) is 10.0 Å². The van der Waals surface area contributed by atoms with Crippen molar-refractivity contribution in [3.8, 4) is 0 Å². The van der Waals surface area contributed by atoms with Crippen molar-refractivity contribution >= 4 is 63.5 Å². The fourth-order valence-corrected chi connectivity index (χ4v) is 2.94. The van der Waals surface area contributed by atoms with Crippen LogP contribution in [0.5, 0.6) is 0 Å². The highest BCUT2D eigenvalue weighted by atomic mass is 35.5. The molecule has 1 N–H and O–H groups in total. The normalized spacial score (nSPS) is 18.1. The van der Waals surface area contributed by atoms with Crippen molar-refractivity contribution < 1.29 is 4.79 Å². The summed E-state index contributed by atoms with van der Waals surface area (Å²) in [5, 5.41) is 3.60. The Morgan fingerprint density at radius 3 is 2.68 bits per heavy atom. The van der Waals surface area contributed by atoms with Crippen LogP contribution < -0.4 is 5.32 Å². The maximum absolute atomic E-state index is 11.5. The topological polar surface area (TPSA) is 29.1 Å². The monoisotopic (exact) mass is 329 g/mol. The second-order valence-corrected chi connectivity index (χ2v) is 6.45. The van der Waals surface area contributed by atoms with Gasteiger partial charge >= 0.3 is 0 Å². The van der Waals surface area contributed by atoms with Crippen LogP contribution in [0.1, 0.15) is 12.5 Å². The molecule has 1 aromatic carbocycles. The zero-order valence-electron chi connectivity index (χ0n) is 9.87. The third kappa shape index (κ3) is 3.83. The van der Waals surface area contributed by atoms with Crippen LogP contribution in [0.3, 0.4) is 0 Å². The van der Waals surface area contributed by atoms with Gasteiger partial charge in [-0.1, -0.05) is 59.3 Å². The number of allylic oxidation sites excluding steroid dienone is 2. The lowest BCUT2D eigenvalue weighted by Crippen LogP contribution is -2.17. The van der Waals surface area contributed by atoms with Crippen LogP contribution in [0.25, 0.3) is 6.08 Å². The first-order valence-corrected chi connectivity index (χ1v) is 7.32. The van der Waals surface area contributed by atoms with Gasteiger partial charge < -0.3 is 5.32 Å². The highest BCUT2D eigenvalue weighted by Gasteiger charge is 2.21. The minimum Gasteiger partial charge on any atom is -0.307 e. The summed E-state index contributed by atoms with van der Waals surface area (Å²) in [6.07, 6.45) is 3.71. The van der Waals surface area contributed by atoms with Gasteiger partial charge in [-0.05, 0) is 36.3 Å². The zero-order chi connectivity index (χ0) is 14.0. The smallest absolute Gasteiger partial charge is 0.263 e. The fourth-order valence-electron chi connectivity index (χ4n) is 1.53. The number of nitrogens with one attached hydrogen (secondary N) is 1. The van der Waals surface area contributed by atoms with E-state index < -0.39 is 0 Å². The summed E-state index contributed by atoms with van der Waals surface area (Å²) in [5.41, 5.74) is 1.86. The summed E-state index contributed by atoms with van der Waals surface area (Å²) in [5.74, 6) is -0.156. The Hall–Kier alpha value is -0.810. The van der Waals surface area contributed by atoms with Crippen molar-refractivity contribution in [1.82, 2.24) is 5.32 Å². The highest BCUT2D eigenvalue weighted by molar-refractivity contribution is 8.26. The molecule has 0 unspecified atom stereocenters. The Morgan fingerprint density at radius 2 is 2.11 bits per heavy atom. The fraction of sp³-hybridized carbons (Fsp3) is 0.0769. The summed E-state index contributed by atoms with van der Waals surface area (Å²) < 4.78 is 0.485. The number of benzene rings is 1. The van der Waals surface area contributed by atoms with E-state index in [1.54, 1.807) is 18.2 Å². The molecule has 0 aromatic heterocycles. The van der Waals surface area contributed by atoms with Gasteiger partial charge in [0.25, 0.3) is 5.91 Å². The van der Waals surface area contributed by atoms with Gasteiger partial charge in [-0.3, -0.25) is 4.79 Å². The number of thioether (sulfide) groups is 1. The molecule has 0 radical (unpaired) electrons. The standard InChI is InChI=1S/C13H9Cl2NOS2/c1-7(5-11-12(17)16-13(18)19-11)4-8-2-3-9(14)10(15)6-8/h2-6H,1H3,(H,16,17,18). The van der Waals surface area contributed by atoms with E-state index in [-0.39, 0.29) is 5.91 Å². The number of thiocarbonyl (C=S) groups is 1. The van der Waals surface area contributed by atoms with Gasteiger partial charge in [-0.15, -0.1) is 0 Å². The summed E-state index contributed by atoms with van der Waals surface area (Å²) in [6, 6.07) is 5.38. The minimum absolute atomic E-state index is 0.156. The molecular formula is C13H9Cl2NOS2. The van der Waals surface area contributed by atoms with Gasteiger partial charge in [0.05, 0.1) is 15.0 Å². The quantitative estimate of drug-likeness (QED) is 0.642. The Morgan fingerprint density at radius 1 is 1.37 bits per heavy atom. The molecule has 2 nitrogen and oxygen atoms in total. The maximum atomic E-state index is 11.5. The molecule has 0 spiro atoms. The molecule has 0 atom stereocenters. The lowest BCUT2D eigenvalue weighted by Gasteiger charge is -1.99. The second kappa shape index (κ2) is 6.09. The first-order chi connectivity index (χ1) is 8.95. The molecule has 1 aliphatic heterocycles. The number of carbonyl (C=O) groups excluding carboxylic acids is 1. The largest absolute Gasteiger partial charge is 0.307 e. The number of carbonyl (C=O) groups is 1. The first-order valence-electron chi connectivity index (χ1n) is 5.34. The highest BCUT2D eigenvalue weighted by Crippen LogP contribution is 2.26. The van der Waals surface area contributed by atoms with Crippen LogP contribution >= 0.6 is 47.2 Å². The van der Waals surface area contributed by atoms with Crippen molar-refractivity contribution in [1.29, 1.82) is 0 Å². The third-order valence-electron chi connectivity index (χ3n) is 2.34. The van der Waals surface area contributed by atoms with E-state index in [1.807, 2.05) is 19.1 Å². The predicted octanol–water partition coefficient (Wildman–Crippen LogP) is 4.43. The molecule has 98 valence electrons. The molecular weight excluding hydrogens is 321 g/mol. The van der Waals surface area contributed by atoms with Crippen molar-refractivity contribution in [3.05, 3.63) is 50.4 Å². The van der Waals surface area contributed by atoms with Gasteiger partial charge in [-0.2, -0.15) is 0 Å². The molecule has 0 aliphatic carbocycles. The number of halogens is 2. The molecule has 0 bridgehead atoms. The molecule has 19 heavy (non-hydrogen) atoms. The second-order valence-electron chi connectivity index (χ2n) is 3.91. The Kier molecular flexibility index (Phi) is 4.68. The Labute approximate surface area is 130 Å². The molecule has 1 amide bonds. The Balaban J connectivity index is 2.24. The van der Waals surface area contributed by atoms with E-state index >= 15 is 0 Å². The van der Waals surface area contributed by atoms with Gasteiger partial charge in [0.1, 0.15) is 4.32 Å². The van der Waals surface area contributed by atoms with Crippen molar-refractivity contribution in [3.63, 3.8) is 0 Å². The van der Waals surface area contributed by atoms with Crippen molar-refractivity contribution in [2.24, 2.45) is 0 Å². The van der Waals surface area contributed by atoms with E-state index in [2.05, 4.69) is 5.32 Å². The van der Waals surface area contributed by atoms with Gasteiger partial charge in [0.15, 0.2) is 0 Å². The van der Waals surface area contributed by atoms with E-state index in [9.17, 15) is 4.79 Å². The zero-order valence-corrected chi connectivity index (χ0v) is 13.0. The van der Waals surface area contributed by atoms with Crippen LogP contribution in [0.4, 0.5) is 0 Å². The minimum atomic E-state index is -0.156. The maximum Gasteiger partial charge on any atom is 0.263 e. The van der Waals surface area contributed by atoms with E-state index in [0.29, 0.717) is 19.3 Å². The Bertz CT molecular complexity index is 623. The van der Waals surface area contributed by atoms with Crippen LogP contribution in [0, 0.1) is 0 Å². The van der Waals surface area contributed by atoms with Crippen LogP contribution in [0.15, 0.2) is 34.8 Å². The van der Waals surface area contributed by atoms with Gasteiger partial charge in [0.2, 0.25) is 0 Å². The average Bonchev–Trinajstić information content (AvgIpc) is 2.62. The van der Waals surface area contributed by atoms with E-state index in [0.717, 1.165) is 11.1 Å². The SMILES string of the molecule is CC(=Cc1ccc(Cl)c(Cl)c1)C=C1SC(=S)NC1=O.